The number of methoxy groups -OCH3 is 1. The Morgan fingerprint density at radius 3 is 2.43 bits per heavy atom. The number of Topliss-reactive ketones (excluding diaryl/α,β-unsaturated/α-hetero) is 2. The molecule has 1 rings (SSSR count). The number of ether oxygens (including phenoxy) is 1. The smallest absolute Gasteiger partial charge is 0.228 e. The Hall–Kier alpha value is -1.71. The molecule has 0 heterocycles. The maximum atomic E-state index is 13.1. The average molecular weight is 196 g/mol. The molecule has 4 heteroatoms. The van der Waals surface area contributed by atoms with E-state index in [0.29, 0.717) is 0 Å². The van der Waals surface area contributed by atoms with E-state index in [4.69, 9.17) is 0 Å². The van der Waals surface area contributed by atoms with Gasteiger partial charge in [-0.05, 0) is 18.2 Å². The molecule has 0 aliphatic rings. The van der Waals surface area contributed by atoms with Gasteiger partial charge in [-0.2, -0.15) is 0 Å². The minimum absolute atomic E-state index is 0.0378. The molecule has 1 aromatic carbocycles. The molecule has 0 saturated heterocycles. The summed E-state index contributed by atoms with van der Waals surface area (Å²) in [5, 5.41) is 0. The Labute approximate surface area is 80.5 Å². The lowest BCUT2D eigenvalue weighted by molar-refractivity contribution is -0.113. The largest absolute Gasteiger partial charge is 0.494 e. The summed E-state index contributed by atoms with van der Waals surface area (Å²) in [7, 11) is 1.32. The number of ketones is 2. The molecule has 0 fully saturated rings. The lowest BCUT2D eigenvalue weighted by Gasteiger charge is -2.02. The summed E-state index contributed by atoms with van der Waals surface area (Å²) in [4.78, 5) is 21.8. The Morgan fingerprint density at radius 1 is 1.36 bits per heavy atom. The lowest BCUT2D eigenvalue weighted by Crippen LogP contribution is -2.09. The summed E-state index contributed by atoms with van der Waals surface area (Å²) in [6, 6.07) is 3.65. The van der Waals surface area contributed by atoms with Crippen LogP contribution in [0, 0.1) is 5.82 Å². The topological polar surface area (TPSA) is 43.4 Å². The Bertz CT molecular complexity index is 385. The first-order valence-corrected chi connectivity index (χ1v) is 3.95. The second-order valence-electron chi connectivity index (χ2n) is 2.73. The fourth-order valence-electron chi connectivity index (χ4n) is 1.01. The summed E-state index contributed by atoms with van der Waals surface area (Å²) < 4.78 is 17.8. The van der Waals surface area contributed by atoms with Crippen molar-refractivity contribution in [3.63, 3.8) is 0 Å². The van der Waals surface area contributed by atoms with Gasteiger partial charge in [0.2, 0.25) is 5.78 Å². The van der Waals surface area contributed by atoms with Crippen molar-refractivity contribution in [1.82, 2.24) is 0 Å². The van der Waals surface area contributed by atoms with Gasteiger partial charge in [-0.25, -0.2) is 4.39 Å². The van der Waals surface area contributed by atoms with Crippen molar-refractivity contribution in [3.05, 3.63) is 29.6 Å². The van der Waals surface area contributed by atoms with Crippen LogP contribution < -0.4 is 4.74 Å². The van der Waals surface area contributed by atoms with E-state index < -0.39 is 17.4 Å². The predicted octanol–water partition coefficient (Wildman–Crippen LogP) is 1.61. The van der Waals surface area contributed by atoms with Crippen LogP contribution in [0.5, 0.6) is 5.75 Å². The zero-order valence-electron chi connectivity index (χ0n) is 7.83. The molecule has 0 bridgehead atoms. The molecule has 3 nitrogen and oxygen atoms in total. The van der Waals surface area contributed by atoms with Crippen molar-refractivity contribution in [2.24, 2.45) is 0 Å². The average Bonchev–Trinajstić information content (AvgIpc) is 2.16. The van der Waals surface area contributed by atoms with E-state index in [1.165, 1.54) is 19.2 Å². The summed E-state index contributed by atoms with van der Waals surface area (Å²) in [6.45, 7) is 1.14. The minimum atomic E-state index is -0.702. The van der Waals surface area contributed by atoms with Gasteiger partial charge in [-0.3, -0.25) is 9.59 Å². The summed E-state index contributed by atoms with van der Waals surface area (Å²) in [5.41, 5.74) is 0.0378. The summed E-state index contributed by atoms with van der Waals surface area (Å²) in [6.07, 6.45) is 0. The third-order valence-electron chi connectivity index (χ3n) is 1.73. The van der Waals surface area contributed by atoms with E-state index in [0.717, 1.165) is 13.0 Å². The van der Waals surface area contributed by atoms with Crippen LogP contribution >= 0.6 is 0 Å². The SMILES string of the molecule is COc1ccc(C(=O)C(C)=O)cc1F. The molecule has 74 valence electrons. The van der Waals surface area contributed by atoms with Gasteiger partial charge in [0.15, 0.2) is 17.3 Å². The molecule has 0 atom stereocenters. The highest BCUT2D eigenvalue weighted by molar-refractivity contribution is 6.42. The fourth-order valence-corrected chi connectivity index (χ4v) is 1.01. The lowest BCUT2D eigenvalue weighted by atomic mass is 10.1. The van der Waals surface area contributed by atoms with E-state index in [1.807, 2.05) is 0 Å². The van der Waals surface area contributed by atoms with E-state index in [-0.39, 0.29) is 11.3 Å². The molecule has 0 aliphatic carbocycles. The zero-order chi connectivity index (χ0) is 10.7. The minimum Gasteiger partial charge on any atom is -0.494 e. The normalized spacial score (nSPS) is 9.64. The number of rotatable bonds is 3. The van der Waals surface area contributed by atoms with Crippen molar-refractivity contribution in [2.45, 2.75) is 6.92 Å². The highest BCUT2D eigenvalue weighted by atomic mass is 19.1. The van der Waals surface area contributed by atoms with Crippen molar-refractivity contribution in [3.8, 4) is 5.75 Å². The Balaban J connectivity index is 3.09. The van der Waals surface area contributed by atoms with Gasteiger partial charge < -0.3 is 4.74 Å². The van der Waals surface area contributed by atoms with E-state index >= 15 is 0 Å². The molecule has 0 unspecified atom stereocenters. The molecule has 0 saturated carbocycles. The highest BCUT2D eigenvalue weighted by Crippen LogP contribution is 2.17. The number of halogens is 1. The van der Waals surface area contributed by atoms with Crippen LogP contribution in [0.25, 0.3) is 0 Å². The van der Waals surface area contributed by atoms with Gasteiger partial charge in [-0.15, -0.1) is 0 Å². The molecule has 0 aromatic heterocycles. The first-order chi connectivity index (χ1) is 6.56. The van der Waals surface area contributed by atoms with Gasteiger partial charge >= 0.3 is 0 Å². The van der Waals surface area contributed by atoms with Crippen molar-refractivity contribution in [2.75, 3.05) is 7.11 Å². The second kappa shape index (κ2) is 4.00. The van der Waals surface area contributed by atoms with Crippen molar-refractivity contribution in [1.29, 1.82) is 0 Å². The molecule has 14 heavy (non-hydrogen) atoms. The molecular weight excluding hydrogens is 187 g/mol. The van der Waals surface area contributed by atoms with Crippen LogP contribution in [-0.2, 0) is 4.79 Å². The van der Waals surface area contributed by atoms with Gasteiger partial charge in [0.25, 0.3) is 0 Å². The predicted molar refractivity (Wildman–Crippen MR) is 48.0 cm³/mol. The second-order valence-corrected chi connectivity index (χ2v) is 2.73. The van der Waals surface area contributed by atoms with Crippen LogP contribution in [0.3, 0.4) is 0 Å². The van der Waals surface area contributed by atoms with Gasteiger partial charge in [0.1, 0.15) is 0 Å². The molecule has 0 N–H and O–H groups in total. The Morgan fingerprint density at radius 2 is 2.00 bits per heavy atom. The molecule has 0 spiro atoms. The monoisotopic (exact) mass is 196 g/mol. The van der Waals surface area contributed by atoms with Crippen LogP contribution in [0.1, 0.15) is 17.3 Å². The maximum absolute atomic E-state index is 13.1. The highest BCUT2D eigenvalue weighted by Gasteiger charge is 2.13. The van der Waals surface area contributed by atoms with Crippen LogP contribution in [0.4, 0.5) is 4.39 Å². The molecule has 0 amide bonds. The third kappa shape index (κ3) is 1.96. The molecule has 0 aliphatic heterocycles. The number of hydrogen-bond acceptors (Lipinski definition) is 3. The van der Waals surface area contributed by atoms with E-state index in [1.54, 1.807) is 0 Å². The fraction of sp³-hybridized carbons (Fsp3) is 0.200. The number of carbonyl (C=O) groups excluding carboxylic acids is 2. The molecule has 0 radical (unpaired) electrons. The third-order valence-corrected chi connectivity index (χ3v) is 1.73. The standard InChI is InChI=1S/C10H9FO3/c1-6(12)10(13)7-3-4-9(14-2)8(11)5-7/h3-5H,1-2H3. The maximum Gasteiger partial charge on any atom is 0.228 e. The molecular formula is C10H9FO3. The van der Waals surface area contributed by atoms with Crippen LogP contribution in [-0.4, -0.2) is 18.7 Å². The first kappa shape index (κ1) is 10.4. The number of hydrogen-bond donors (Lipinski definition) is 0. The van der Waals surface area contributed by atoms with Gasteiger partial charge in [0, 0.05) is 12.5 Å². The number of carbonyl (C=O) groups is 2. The van der Waals surface area contributed by atoms with Gasteiger partial charge in [-0.1, -0.05) is 0 Å². The number of benzene rings is 1. The van der Waals surface area contributed by atoms with Crippen molar-refractivity contribution >= 4 is 11.6 Å². The van der Waals surface area contributed by atoms with E-state index in [9.17, 15) is 14.0 Å². The quantitative estimate of drug-likeness (QED) is 0.544. The van der Waals surface area contributed by atoms with E-state index in [2.05, 4.69) is 4.74 Å². The zero-order valence-corrected chi connectivity index (χ0v) is 7.83. The summed E-state index contributed by atoms with van der Waals surface area (Å²) in [5.74, 6) is -1.93. The first-order valence-electron chi connectivity index (χ1n) is 3.95. The van der Waals surface area contributed by atoms with Crippen LogP contribution in [0.15, 0.2) is 18.2 Å². The summed E-state index contributed by atoms with van der Waals surface area (Å²) >= 11 is 0. The van der Waals surface area contributed by atoms with Gasteiger partial charge in [0.05, 0.1) is 7.11 Å². The Kier molecular flexibility index (Phi) is 2.96. The van der Waals surface area contributed by atoms with Crippen molar-refractivity contribution < 1.29 is 18.7 Å². The van der Waals surface area contributed by atoms with Crippen LogP contribution in [0.2, 0.25) is 0 Å². The molecule has 1 aromatic rings.